The standard InChI is InChI=1S/C10H15N5/c1-4-15-6-9(11)10(13-15)8-5-14(3)12-7(8)2/h5-6H,4,11H2,1-3H3. The number of nitrogens with zero attached hydrogens (tertiary/aromatic N) is 4. The van der Waals surface area contributed by atoms with Crippen LogP contribution in [-0.4, -0.2) is 19.6 Å². The Bertz CT molecular complexity index is 480. The molecule has 0 saturated heterocycles. The fourth-order valence-electron chi connectivity index (χ4n) is 1.64. The molecule has 0 bridgehead atoms. The fraction of sp³-hybridized carbons (Fsp3) is 0.400. The average Bonchev–Trinajstić information content (AvgIpc) is 2.69. The van der Waals surface area contributed by atoms with Gasteiger partial charge >= 0.3 is 0 Å². The first kappa shape index (κ1) is 9.76. The van der Waals surface area contributed by atoms with Gasteiger partial charge in [-0.3, -0.25) is 9.36 Å². The van der Waals surface area contributed by atoms with E-state index in [2.05, 4.69) is 10.2 Å². The van der Waals surface area contributed by atoms with Gasteiger partial charge in [0.1, 0.15) is 5.69 Å². The van der Waals surface area contributed by atoms with E-state index in [0.717, 1.165) is 23.5 Å². The van der Waals surface area contributed by atoms with Gasteiger partial charge in [0.2, 0.25) is 0 Å². The highest BCUT2D eigenvalue weighted by atomic mass is 15.3. The van der Waals surface area contributed by atoms with E-state index in [9.17, 15) is 0 Å². The van der Waals surface area contributed by atoms with Gasteiger partial charge in [-0.25, -0.2) is 0 Å². The van der Waals surface area contributed by atoms with Crippen molar-refractivity contribution in [1.82, 2.24) is 19.6 Å². The molecule has 5 heteroatoms. The predicted molar refractivity (Wildman–Crippen MR) is 59.3 cm³/mol. The van der Waals surface area contributed by atoms with Crippen LogP contribution in [0.4, 0.5) is 5.69 Å². The van der Waals surface area contributed by atoms with Crippen molar-refractivity contribution in [2.45, 2.75) is 20.4 Å². The number of rotatable bonds is 2. The number of aromatic nitrogens is 4. The van der Waals surface area contributed by atoms with Crippen LogP contribution in [0.2, 0.25) is 0 Å². The first-order valence-corrected chi connectivity index (χ1v) is 4.95. The first-order valence-electron chi connectivity index (χ1n) is 4.95. The lowest BCUT2D eigenvalue weighted by Crippen LogP contribution is -1.93. The van der Waals surface area contributed by atoms with E-state index in [1.165, 1.54) is 0 Å². The normalized spacial score (nSPS) is 10.9. The lowest BCUT2D eigenvalue weighted by atomic mass is 10.2. The highest BCUT2D eigenvalue weighted by Crippen LogP contribution is 2.25. The van der Waals surface area contributed by atoms with Crippen molar-refractivity contribution < 1.29 is 0 Å². The predicted octanol–water partition coefficient (Wildman–Crippen LogP) is 1.19. The van der Waals surface area contributed by atoms with E-state index < -0.39 is 0 Å². The Hall–Kier alpha value is -1.78. The second kappa shape index (κ2) is 3.42. The lowest BCUT2D eigenvalue weighted by molar-refractivity contribution is 0.662. The van der Waals surface area contributed by atoms with Gasteiger partial charge in [-0.1, -0.05) is 0 Å². The van der Waals surface area contributed by atoms with Crippen molar-refractivity contribution in [2.75, 3.05) is 5.73 Å². The van der Waals surface area contributed by atoms with Crippen LogP contribution < -0.4 is 5.73 Å². The van der Waals surface area contributed by atoms with Crippen molar-refractivity contribution in [1.29, 1.82) is 0 Å². The highest BCUT2D eigenvalue weighted by Gasteiger charge is 2.12. The molecule has 0 aliphatic carbocycles. The summed E-state index contributed by atoms with van der Waals surface area (Å²) in [5.41, 5.74) is 9.38. The van der Waals surface area contributed by atoms with Crippen LogP contribution in [0.1, 0.15) is 12.6 Å². The molecule has 0 unspecified atom stereocenters. The average molecular weight is 205 g/mol. The maximum Gasteiger partial charge on any atom is 0.119 e. The maximum atomic E-state index is 5.91. The van der Waals surface area contributed by atoms with Gasteiger partial charge < -0.3 is 5.73 Å². The monoisotopic (exact) mass is 205 g/mol. The molecular formula is C10H15N5. The van der Waals surface area contributed by atoms with Crippen molar-refractivity contribution in [3.8, 4) is 11.3 Å². The third-order valence-electron chi connectivity index (χ3n) is 2.38. The zero-order valence-corrected chi connectivity index (χ0v) is 9.23. The van der Waals surface area contributed by atoms with Crippen molar-refractivity contribution in [3.05, 3.63) is 18.1 Å². The molecule has 80 valence electrons. The zero-order chi connectivity index (χ0) is 11.0. The largest absolute Gasteiger partial charge is 0.396 e. The Kier molecular flexibility index (Phi) is 2.22. The zero-order valence-electron chi connectivity index (χ0n) is 9.23. The molecule has 0 saturated carbocycles. The molecule has 5 nitrogen and oxygen atoms in total. The molecule has 0 aliphatic heterocycles. The second-order valence-electron chi connectivity index (χ2n) is 3.59. The summed E-state index contributed by atoms with van der Waals surface area (Å²) >= 11 is 0. The minimum atomic E-state index is 0.702. The lowest BCUT2D eigenvalue weighted by Gasteiger charge is -1.94. The SMILES string of the molecule is CCn1cc(N)c(-c2cn(C)nc2C)n1. The minimum absolute atomic E-state index is 0.702. The molecule has 0 aromatic carbocycles. The van der Waals surface area contributed by atoms with E-state index >= 15 is 0 Å². The molecule has 0 radical (unpaired) electrons. The Morgan fingerprint density at radius 2 is 2.07 bits per heavy atom. The highest BCUT2D eigenvalue weighted by molar-refractivity contribution is 5.73. The summed E-state index contributed by atoms with van der Waals surface area (Å²) in [6.45, 7) is 4.82. The third-order valence-corrected chi connectivity index (χ3v) is 2.38. The molecule has 0 fully saturated rings. The van der Waals surface area contributed by atoms with Gasteiger partial charge in [0.25, 0.3) is 0 Å². The van der Waals surface area contributed by atoms with Gasteiger partial charge in [0, 0.05) is 31.5 Å². The molecule has 0 atom stereocenters. The number of anilines is 1. The summed E-state index contributed by atoms with van der Waals surface area (Å²) in [5, 5.41) is 8.69. The van der Waals surface area contributed by atoms with Crippen LogP contribution in [0.15, 0.2) is 12.4 Å². The Morgan fingerprint density at radius 1 is 1.33 bits per heavy atom. The van der Waals surface area contributed by atoms with Gasteiger partial charge in [-0.15, -0.1) is 0 Å². The minimum Gasteiger partial charge on any atom is -0.396 e. The van der Waals surface area contributed by atoms with Crippen LogP contribution in [0.25, 0.3) is 11.3 Å². The van der Waals surface area contributed by atoms with Crippen molar-refractivity contribution in [2.24, 2.45) is 7.05 Å². The molecule has 2 heterocycles. The molecule has 2 rings (SSSR count). The topological polar surface area (TPSA) is 61.7 Å². The van der Waals surface area contributed by atoms with E-state index in [1.807, 2.05) is 38.0 Å². The summed E-state index contributed by atoms with van der Waals surface area (Å²) in [6.07, 6.45) is 3.79. The molecule has 15 heavy (non-hydrogen) atoms. The molecule has 0 spiro atoms. The number of nitrogens with two attached hydrogens (primary N) is 1. The Morgan fingerprint density at radius 3 is 2.53 bits per heavy atom. The number of hydrogen-bond donors (Lipinski definition) is 1. The molecule has 2 aromatic rings. The van der Waals surface area contributed by atoms with Crippen LogP contribution >= 0.6 is 0 Å². The smallest absolute Gasteiger partial charge is 0.119 e. The van der Waals surface area contributed by atoms with Gasteiger partial charge in [-0.2, -0.15) is 10.2 Å². The maximum absolute atomic E-state index is 5.91. The van der Waals surface area contributed by atoms with Crippen LogP contribution in [0.3, 0.4) is 0 Å². The summed E-state index contributed by atoms with van der Waals surface area (Å²) in [4.78, 5) is 0. The Balaban J connectivity index is 2.53. The van der Waals surface area contributed by atoms with Crippen molar-refractivity contribution >= 4 is 5.69 Å². The first-order chi connectivity index (χ1) is 7.11. The number of aryl methyl sites for hydroxylation is 3. The summed E-state index contributed by atoms with van der Waals surface area (Å²) in [7, 11) is 1.89. The molecule has 2 aromatic heterocycles. The second-order valence-corrected chi connectivity index (χ2v) is 3.59. The quantitative estimate of drug-likeness (QED) is 0.801. The van der Waals surface area contributed by atoms with E-state index in [0.29, 0.717) is 5.69 Å². The van der Waals surface area contributed by atoms with Crippen LogP contribution in [-0.2, 0) is 13.6 Å². The molecule has 0 aliphatic rings. The number of nitrogen functional groups attached to an aromatic ring is 1. The van der Waals surface area contributed by atoms with E-state index in [-0.39, 0.29) is 0 Å². The molecule has 2 N–H and O–H groups in total. The van der Waals surface area contributed by atoms with Gasteiger partial charge in [0.05, 0.1) is 11.4 Å². The van der Waals surface area contributed by atoms with Gasteiger partial charge in [0.15, 0.2) is 0 Å². The van der Waals surface area contributed by atoms with Crippen molar-refractivity contribution in [3.63, 3.8) is 0 Å². The number of hydrogen-bond acceptors (Lipinski definition) is 3. The Labute approximate surface area is 88.5 Å². The summed E-state index contributed by atoms with van der Waals surface area (Å²) in [5.74, 6) is 0. The van der Waals surface area contributed by atoms with E-state index in [1.54, 1.807) is 4.68 Å². The van der Waals surface area contributed by atoms with Crippen LogP contribution in [0, 0.1) is 6.92 Å². The van der Waals surface area contributed by atoms with E-state index in [4.69, 9.17) is 5.73 Å². The molecule has 0 amide bonds. The van der Waals surface area contributed by atoms with Gasteiger partial charge in [-0.05, 0) is 13.8 Å². The summed E-state index contributed by atoms with van der Waals surface area (Å²) in [6, 6.07) is 0. The summed E-state index contributed by atoms with van der Waals surface area (Å²) < 4.78 is 3.60. The molecular weight excluding hydrogens is 190 g/mol. The fourth-order valence-corrected chi connectivity index (χ4v) is 1.64. The van der Waals surface area contributed by atoms with Crippen LogP contribution in [0.5, 0.6) is 0 Å². The third kappa shape index (κ3) is 1.60.